The van der Waals surface area contributed by atoms with Gasteiger partial charge in [0.15, 0.2) is 12.4 Å². The number of ether oxygens (including phenoxy) is 1. The predicted octanol–water partition coefficient (Wildman–Crippen LogP) is 5.53. The highest BCUT2D eigenvalue weighted by molar-refractivity contribution is 6.33. The molecule has 7 heterocycles. The number of pyridine rings is 1. The number of alkyl halides is 2. The number of aromatic nitrogens is 5. The van der Waals surface area contributed by atoms with Crippen molar-refractivity contribution in [3.8, 4) is 5.75 Å². The van der Waals surface area contributed by atoms with Crippen molar-refractivity contribution in [1.82, 2.24) is 34.5 Å². The fraction of sp³-hybridized carbons (Fsp3) is 0.488. The third-order valence-corrected chi connectivity index (χ3v) is 13.5. The van der Waals surface area contributed by atoms with Crippen molar-refractivity contribution in [3.05, 3.63) is 63.4 Å². The van der Waals surface area contributed by atoms with Gasteiger partial charge in [-0.1, -0.05) is 23.7 Å². The van der Waals surface area contributed by atoms with Crippen molar-refractivity contribution >= 4 is 74.0 Å². The number of para-hydroxylation sites is 1. The van der Waals surface area contributed by atoms with Crippen LogP contribution in [0.2, 0.25) is 5.02 Å². The molecule has 326 valence electrons. The lowest BCUT2D eigenvalue weighted by Crippen LogP contribution is -2.49. The first-order chi connectivity index (χ1) is 29.8. The molecule has 4 fully saturated rings. The molecule has 2 atom stereocenters. The molecule has 0 radical (unpaired) electrons. The number of benzene rings is 2. The number of nitrogens with one attached hydrogen (secondary N) is 3. The van der Waals surface area contributed by atoms with E-state index in [1.807, 2.05) is 23.9 Å². The molecule has 3 saturated heterocycles. The maximum Gasteiger partial charge on any atom is 0.301 e. The molecule has 2 aromatic carbocycles. The number of nitrogens with zero attached hydrogens (tertiary/aromatic N) is 8. The van der Waals surface area contributed by atoms with Crippen molar-refractivity contribution in [3.63, 3.8) is 0 Å². The number of amides is 2. The molecule has 19 heteroatoms. The first-order valence-electron chi connectivity index (χ1n) is 21.3. The van der Waals surface area contributed by atoms with Crippen LogP contribution in [0.15, 0.2) is 41.3 Å². The van der Waals surface area contributed by atoms with Crippen LogP contribution in [0.25, 0.3) is 21.8 Å². The van der Waals surface area contributed by atoms with Gasteiger partial charge in [0.05, 0.1) is 51.9 Å². The number of halogens is 4. The summed E-state index contributed by atoms with van der Waals surface area (Å²) in [6, 6.07) is 7.59. The highest BCUT2D eigenvalue weighted by atomic mass is 35.5. The summed E-state index contributed by atoms with van der Waals surface area (Å²) in [5.41, 5.74) is 2.51. The number of carbonyl (C=O) groups excluding carboxylic acids is 2. The topological polar surface area (TPSA) is 155 Å². The second-order valence-electron chi connectivity index (χ2n) is 17.3. The van der Waals surface area contributed by atoms with Crippen molar-refractivity contribution in [2.45, 2.75) is 56.4 Å². The minimum absolute atomic E-state index is 0.00414. The molecule has 1 saturated carbocycles. The first kappa shape index (κ1) is 40.5. The molecule has 0 bridgehead atoms. The molecule has 10 rings (SSSR count). The molecule has 4 aliphatic heterocycles. The average molecular weight is 874 g/mol. The summed E-state index contributed by atoms with van der Waals surface area (Å²) >= 11 is 6.56. The zero-order valence-corrected chi connectivity index (χ0v) is 35.2. The molecule has 5 aliphatic rings. The Kier molecular flexibility index (Phi) is 10.2. The van der Waals surface area contributed by atoms with Crippen molar-refractivity contribution in [1.29, 1.82) is 0 Å². The third-order valence-electron chi connectivity index (χ3n) is 13.3. The van der Waals surface area contributed by atoms with E-state index in [0.29, 0.717) is 56.0 Å². The van der Waals surface area contributed by atoms with E-state index in [4.69, 9.17) is 26.4 Å². The number of hydrogen-bond donors (Lipinski definition) is 3. The van der Waals surface area contributed by atoms with Gasteiger partial charge in [0.25, 0.3) is 5.56 Å². The molecule has 1 aliphatic carbocycles. The number of anilines is 5. The molecule has 3 N–H and O–H groups in total. The van der Waals surface area contributed by atoms with Crippen LogP contribution < -0.4 is 36.0 Å². The Bertz CT molecular complexity index is 2670. The Balaban J connectivity index is 0.788. The van der Waals surface area contributed by atoms with E-state index in [9.17, 15) is 14.4 Å². The highest BCUT2D eigenvalue weighted by Crippen LogP contribution is 2.46. The maximum atomic E-state index is 15.8. The molecule has 15 nitrogen and oxygen atoms in total. The van der Waals surface area contributed by atoms with Crippen LogP contribution in [-0.2, 0) is 23.7 Å². The second-order valence-corrected chi connectivity index (χ2v) is 17.7. The van der Waals surface area contributed by atoms with E-state index in [2.05, 4.69) is 41.7 Å². The fourth-order valence-corrected chi connectivity index (χ4v) is 9.84. The van der Waals surface area contributed by atoms with Gasteiger partial charge in [0.2, 0.25) is 23.5 Å². The van der Waals surface area contributed by atoms with E-state index in [1.165, 1.54) is 29.9 Å². The molecule has 0 spiro atoms. The van der Waals surface area contributed by atoms with E-state index in [0.717, 1.165) is 67.8 Å². The predicted molar refractivity (Wildman–Crippen MR) is 229 cm³/mol. The zero-order valence-electron chi connectivity index (χ0n) is 34.4. The van der Waals surface area contributed by atoms with Gasteiger partial charge in [0, 0.05) is 83.2 Å². The molecular formula is C43H47ClF3N11O4. The lowest BCUT2D eigenvalue weighted by Gasteiger charge is -2.39. The summed E-state index contributed by atoms with van der Waals surface area (Å²) in [4.78, 5) is 53.9. The Morgan fingerprint density at radius 2 is 1.74 bits per heavy atom. The SMILES string of the molecule is Cn1nc(C2CCC(=O)NC2=O)c2cccc(N3CCC(CN4CCN(c5ncc(Cl)c(Nc6cc7c8c(c(=O)n(C)c7cc6F)OCC(F)(F)C(C6CC6)N8)n5)CC4)CC3)c21. The summed E-state index contributed by atoms with van der Waals surface area (Å²) in [6.07, 6.45) is 5.58. The minimum Gasteiger partial charge on any atom is -0.480 e. The van der Waals surface area contributed by atoms with Crippen molar-refractivity contribution < 1.29 is 27.5 Å². The van der Waals surface area contributed by atoms with Gasteiger partial charge in [-0.05, 0) is 56.1 Å². The van der Waals surface area contributed by atoms with Crippen LogP contribution in [0, 0.1) is 17.7 Å². The van der Waals surface area contributed by atoms with Crippen LogP contribution in [0.4, 0.5) is 42.0 Å². The van der Waals surface area contributed by atoms with Crippen LogP contribution in [0.3, 0.4) is 0 Å². The second kappa shape index (κ2) is 15.6. The van der Waals surface area contributed by atoms with E-state index >= 15 is 13.2 Å². The molecule has 62 heavy (non-hydrogen) atoms. The zero-order chi connectivity index (χ0) is 43.0. The lowest BCUT2D eigenvalue weighted by molar-refractivity contribution is -0.134. The Labute approximate surface area is 359 Å². The largest absolute Gasteiger partial charge is 0.480 e. The smallest absolute Gasteiger partial charge is 0.301 e. The first-order valence-corrected chi connectivity index (χ1v) is 21.6. The van der Waals surface area contributed by atoms with Crippen molar-refractivity contribution in [2.24, 2.45) is 25.9 Å². The van der Waals surface area contributed by atoms with Gasteiger partial charge in [-0.25, -0.2) is 18.2 Å². The monoisotopic (exact) mass is 873 g/mol. The molecule has 3 aromatic heterocycles. The van der Waals surface area contributed by atoms with Gasteiger partial charge in [0.1, 0.15) is 10.8 Å². The van der Waals surface area contributed by atoms with E-state index in [1.54, 1.807) is 0 Å². The van der Waals surface area contributed by atoms with Gasteiger partial charge >= 0.3 is 5.92 Å². The fourth-order valence-electron chi connectivity index (χ4n) is 9.70. The van der Waals surface area contributed by atoms with Crippen LogP contribution in [-0.4, -0.2) is 105 Å². The van der Waals surface area contributed by atoms with Gasteiger partial charge in [-0.2, -0.15) is 10.1 Å². The van der Waals surface area contributed by atoms with Crippen LogP contribution in [0.5, 0.6) is 5.75 Å². The quantitative estimate of drug-likeness (QED) is 0.168. The summed E-state index contributed by atoms with van der Waals surface area (Å²) < 4.78 is 54.6. The van der Waals surface area contributed by atoms with E-state index in [-0.39, 0.29) is 51.2 Å². The standard InChI is InChI=1S/C43H47ClF3N11O4/c1-54-32-19-29(45)30(18-27(32)35-37(41(54)61)62-22-43(46,47)38(51-35)24-6-7-24)49-39-28(44)20-48-42(52-39)58-16-14-56(15-17-58)21-23-10-12-57(13-11-23)31-5-3-4-25-34(53-55(2)36(25)31)26-8-9-33(59)50-40(26)60/h3-5,18-20,23-24,26,38,51H,6-17,21-22H2,1-2H3,(H,48,49,52)(H,50,59,60). The lowest BCUT2D eigenvalue weighted by atomic mass is 9.92. The van der Waals surface area contributed by atoms with Gasteiger partial charge < -0.3 is 29.7 Å². The molecule has 5 aromatic rings. The number of imide groups is 1. The maximum absolute atomic E-state index is 15.8. The molecular weight excluding hydrogens is 827 g/mol. The third kappa shape index (κ3) is 7.33. The number of aryl methyl sites for hydroxylation is 2. The number of rotatable bonds is 8. The highest BCUT2D eigenvalue weighted by Gasteiger charge is 2.51. The summed E-state index contributed by atoms with van der Waals surface area (Å²) in [5.74, 6) is -4.21. The van der Waals surface area contributed by atoms with Crippen molar-refractivity contribution in [2.75, 3.05) is 72.9 Å². The number of carbonyl (C=O) groups is 2. The molecule has 2 unspecified atom stereocenters. The summed E-state index contributed by atoms with van der Waals surface area (Å²) in [6.45, 7) is 4.82. The Hall–Kier alpha value is -5.62. The van der Waals surface area contributed by atoms with Crippen LogP contribution in [0.1, 0.15) is 50.1 Å². The van der Waals surface area contributed by atoms with Crippen LogP contribution >= 0.6 is 11.6 Å². The van der Waals surface area contributed by atoms with Gasteiger partial charge in [-0.15, -0.1) is 0 Å². The Morgan fingerprint density at radius 3 is 2.48 bits per heavy atom. The normalized spacial score (nSPS) is 22.3. The molecule has 2 amide bonds. The minimum atomic E-state index is -3.21. The average Bonchev–Trinajstić information content (AvgIpc) is 4.06. The number of hydrogen-bond acceptors (Lipinski definition) is 12. The Morgan fingerprint density at radius 1 is 0.968 bits per heavy atom. The van der Waals surface area contributed by atoms with E-state index < -0.39 is 35.9 Å². The van der Waals surface area contributed by atoms with Gasteiger partial charge in [-0.3, -0.25) is 29.3 Å². The number of piperazine rings is 1. The summed E-state index contributed by atoms with van der Waals surface area (Å²) in [7, 11) is 3.36. The number of piperidine rings is 2. The summed E-state index contributed by atoms with van der Waals surface area (Å²) in [5, 5.41) is 14.6. The number of fused-ring (bicyclic) bond motifs is 4.